The van der Waals surface area contributed by atoms with Crippen molar-refractivity contribution in [3.05, 3.63) is 29.9 Å². The highest BCUT2D eigenvalue weighted by Gasteiger charge is 2.26. The first-order valence-corrected chi connectivity index (χ1v) is 8.52. The van der Waals surface area contributed by atoms with E-state index in [9.17, 15) is 4.79 Å². The van der Waals surface area contributed by atoms with E-state index in [1.807, 2.05) is 17.8 Å². The summed E-state index contributed by atoms with van der Waals surface area (Å²) in [7, 11) is 1.97. The second kappa shape index (κ2) is 7.64. The van der Waals surface area contributed by atoms with Crippen molar-refractivity contribution in [2.24, 2.45) is 7.05 Å². The van der Waals surface area contributed by atoms with Crippen molar-refractivity contribution in [3.8, 4) is 0 Å². The molecule has 1 aromatic rings. The molecule has 0 radical (unpaired) electrons. The van der Waals surface area contributed by atoms with Crippen LogP contribution >= 0.6 is 0 Å². The van der Waals surface area contributed by atoms with Crippen molar-refractivity contribution >= 4 is 6.03 Å². The second-order valence-corrected chi connectivity index (χ2v) is 6.41. The lowest BCUT2D eigenvalue weighted by molar-refractivity contribution is -0.00176. The Bertz CT molecular complexity index is 567. The first-order valence-electron chi connectivity index (χ1n) is 8.52. The molecule has 1 aromatic heterocycles. The molecule has 0 aromatic carbocycles. The topological polar surface area (TPSA) is 68.2 Å². The molecule has 0 spiro atoms. The van der Waals surface area contributed by atoms with Crippen LogP contribution in [0, 0.1) is 0 Å². The fourth-order valence-electron chi connectivity index (χ4n) is 3.35. The van der Waals surface area contributed by atoms with Gasteiger partial charge in [-0.05, 0) is 38.5 Å². The largest absolute Gasteiger partial charge is 0.372 e. The van der Waals surface area contributed by atoms with E-state index in [1.165, 1.54) is 24.8 Å². The predicted octanol–water partition coefficient (Wildman–Crippen LogP) is 2.44. The number of aromatic nitrogens is 2. The SMILES string of the molecule is Cn1cncc1[C@@H]1C[C@H](NC(=O)NCCC2=CCCC2)CCO1. The zero-order chi connectivity index (χ0) is 16.1. The highest BCUT2D eigenvalue weighted by Crippen LogP contribution is 2.27. The monoisotopic (exact) mass is 318 g/mol. The van der Waals surface area contributed by atoms with Gasteiger partial charge in [-0.2, -0.15) is 0 Å². The summed E-state index contributed by atoms with van der Waals surface area (Å²) in [5.74, 6) is 0. The van der Waals surface area contributed by atoms with Gasteiger partial charge in [-0.1, -0.05) is 11.6 Å². The van der Waals surface area contributed by atoms with Crippen LogP contribution in [0.3, 0.4) is 0 Å². The molecule has 6 heteroatoms. The molecule has 3 rings (SSSR count). The van der Waals surface area contributed by atoms with Crippen molar-refractivity contribution in [2.45, 2.75) is 50.7 Å². The molecule has 23 heavy (non-hydrogen) atoms. The molecule has 0 saturated carbocycles. The first kappa shape index (κ1) is 16.1. The minimum atomic E-state index is -0.0701. The van der Waals surface area contributed by atoms with Crippen molar-refractivity contribution in [3.63, 3.8) is 0 Å². The molecule has 0 bridgehead atoms. The van der Waals surface area contributed by atoms with Gasteiger partial charge in [0.2, 0.25) is 0 Å². The van der Waals surface area contributed by atoms with Gasteiger partial charge in [0.15, 0.2) is 0 Å². The van der Waals surface area contributed by atoms with E-state index in [-0.39, 0.29) is 18.2 Å². The first-order chi connectivity index (χ1) is 11.2. The zero-order valence-corrected chi connectivity index (χ0v) is 13.8. The van der Waals surface area contributed by atoms with Gasteiger partial charge in [-0.3, -0.25) is 0 Å². The minimum Gasteiger partial charge on any atom is -0.372 e. The number of rotatable bonds is 5. The lowest BCUT2D eigenvalue weighted by atomic mass is 10.0. The quantitative estimate of drug-likeness (QED) is 0.819. The number of nitrogens with zero attached hydrogens (tertiary/aromatic N) is 2. The van der Waals surface area contributed by atoms with Crippen LogP contribution in [0.1, 0.15) is 50.3 Å². The number of hydrogen-bond donors (Lipinski definition) is 2. The predicted molar refractivity (Wildman–Crippen MR) is 88.0 cm³/mol. The Hall–Kier alpha value is -1.82. The van der Waals surface area contributed by atoms with E-state index in [0.29, 0.717) is 13.2 Å². The van der Waals surface area contributed by atoms with E-state index in [0.717, 1.165) is 25.0 Å². The summed E-state index contributed by atoms with van der Waals surface area (Å²) >= 11 is 0. The van der Waals surface area contributed by atoms with E-state index in [4.69, 9.17) is 4.74 Å². The molecular formula is C17H26N4O2. The Balaban J connectivity index is 1.42. The van der Waals surface area contributed by atoms with Gasteiger partial charge in [-0.25, -0.2) is 9.78 Å². The number of allylic oxidation sites excluding steroid dienone is 1. The van der Waals surface area contributed by atoms with Gasteiger partial charge in [0, 0.05) is 26.2 Å². The molecule has 1 fully saturated rings. The summed E-state index contributed by atoms with van der Waals surface area (Å²) in [5.41, 5.74) is 2.54. The van der Waals surface area contributed by atoms with E-state index >= 15 is 0 Å². The Kier molecular flexibility index (Phi) is 5.33. The van der Waals surface area contributed by atoms with Crippen LogP contribution < -0.4 is 10.6 Å². The fraction of sp³-hybridized carbons (Fsp3) is 0.647. The Morgan fingerprint density at radius 2 is 2.43 bits per heavy atom. The molecule has 6 nitrogen and oxygen atoms in total. The number of carbonyl (C=O) groups is 1. The fourth-order valence-corrected chi connectivity index (χ4v) is 3.35. The molecule has 2 aliphatic rings. The molecule has 0 unspecified atom stereocenters. The zero-order valence-electron chi connectivity index (χ0n) is 13.8. The molecular weight excluding hydrogens is 292 g/mol. The summed E-state index contributed by atoms with van der Waals surface area (Å²) in [6.07, 6.45) is 12.2. The van der Waals surface area contributed by atoms with Crippen LogP contribution in [0.25, 0.3) is 0 Å². The normalized spacial score (nSPS) is 24.3. The summed E-state index contributed by atoms with van der Waals surface area (Å²) in [4.78, 5) is 16.2. The third-order valence-electron chi connectivity index (χ3n) is 4.67. The summed E-state index contributed by atoms with van der Waals surface area (Å²) in [6, 6.07) is 0.0774. The average molecular weight is 318 g/mol. The number of ether oxygens (including phenoxy) is 1. The maximum absolute atomic E-state index is 12.0. The highest BCUT2D eigenvalue weighted by atomic mass is 16.5. The number of hydrogen-bond acceptors (Lipinski definition) is 3. The molecule has 2 amide bonds. The second-order valence-electron chi connectivity index (χ2n) is 6.41. The van der Waals surface area contributed by atoms with Gasteiger partial charge in [0.25, 0.3) is 0 Å². The van der Waals surface area contributed by atoms with Crippen molar-refractivity contribution in [1.82, 2.24) is 20.2 Å². The Morgan fingerprint density at radius 1 is 1.52 bits per heavy atom. The van der Waals surface area contributed by atoms with Gasteiger partial charge >= 0.3 is 6.03 Å². The van der Waals surface area contributed by atoms with E-state index in [1.54, 1.807) is 6.33 Å². The Labute approximate surface area is 137 Å². The molecule has 2 atom stereocenters. The molecule has 126 valence electrons. The van der Waals surface area contributed by atoms with Gasteiger partial charge in [0.1, 0.15) is 6.10 Å². The molecule has 1 saturated heterocycles. The number of aryl methyl sites for hydroxylation is 1. The number of amides is 2. The third-order valence-corrected chi connectivity index (χ3v) is 4.67. The summed E-state index contributed by atoms with van der Waals surface area (Å²) < 4.78 is 7.80. The number of urea groups is 1. The molecule has 2 N–H and O–H groups in total. The number of nitrogens with one attached hydrogen (secondary N) is 2. The molecule has 1 aliphatic heterocycles. The van der Waals surface area contributed by atoms with Gasteiger partial charge in [-0.15, -0.1) is 0 Å². The van der Waals surface area contributed by atoms with Gasteiger partial charge < -0.3 is 19.9 Å². The van der Waals surface area contributed by atoms with E-state index in [2.05, 4.69) is 21.7 Å². The minimum absolute atomic E-state index is 0.00481. The van der Waals surface area contributed by atoms with Crippen molar-refractivity contribution < 1.29 is 9.53 Å². The summed E-state index contributed by atoms with van der Waals surface area (Å²) in [6.45, 7) is 1.37. The standard InChI is InChI=1S/C17H26N4O2/c1-21-12-18-11-15(21)16-10-14(7-9-23-16)20-17(22)19-8-6-13-4-2-3-5-13/h4,11-12,14,16H,2-3,5-10H2,1H3,(H2,19,20,22)/t14-,16+/m1/s1. The van der Waals surface area contributed by atoms with Crippen LogP contribution in [0.5, 0.6) is 0 Å². The molecule has 1 aliphatic carbocycles. The summed E-state index contributed by atoms with van der Waals surface area (Å²) in [5, 5.41) is 6.05. The average Bonchev–Trinajstić information content (AvgIpc) is 3.19. The number of imidazole rings is 1. The molecule has 2 heterocycles. The van der Waals surface area contributed by atoms with Crippen LogP contribution in [0.4, 0.5) is 4.79 Å². The third kappa shape index (κ3) is 4.34. The highest BCUT2D eigenvalue weighted by molar-refractivity contribution is 5.74. The van der Waals surface area contributed by atoms with Crippen molar-refractivity contribution in [1.29, 1.82) is 0 Å². The van der Waals surface area contributed by atoms with Crippen molar-refractivity contribution in [2.75, 3.05) is 13.2 Å². The lowest BCUT2D eigenvalue weighted by Crippen LogP contribution is -2.45. The maximum atomic E-state index is 12.0. The van der Waals surface area contributed by atoms with Crippen LogP contribution in [0.15, 0.2) is 24.2 Å². The lowest BCUT2D eigenvalue weighted by Gasteiger charge is -2.30. The van der Waals surface area contributed by atoms with Crippen LogP contribution in [0.2, 0.25) is 0 Å². The maximum Gasteiger partial charge on any atom is 0.315 e. The van der Waals surface area contributed by atoms with Crippen LogP contribution in [-0.2, 0) is 11.8 Å². The number of carbonyl (C=O) groups excluding carboxylic acids is 1. The Morgan fingerprint density at radius 3 is 3.17 bits per heavy atom. The smallest absolute Gasteiger partial charge is 0.315 e. The van der Waals surface area contributed by atoms with Gasteiger partial charge in [0.05, 0.1) is 18.2 Å². The van der Waals surface area contributed by atoms with Crippen LogP contribution in [-0.4, -0.2) is 34.8 Å². The van der Waals surface area contributed by atoms with E-state index < -0.39 is 0 Å².